The average Bonchev–Trinajstić information content (AvgIpc) is 2.96. The summed E-state index contributed by atoms with van der Waals surface area (Å²) in [6, 6.07) is 0. The van der Waals surface area contributed by atoms with Crippen LogP contribution < -0.4 is 5.73 Å². The number of ether oxygens (including phenoxy) is 1. The van der Waals surface area contributed by atoms with Crippen molar-refractivity contribution in [3.8, 4) is 0 Å². The Labute approximate surface area is 137 Å². The number of amides is 1. The molecule has 6 heteroatoms. The van der Waals surface area contributed by atoms with Crippen molar-refractivity contribution in [3.05, 3.63) is 0 Å². The SMILES string of the molecule is Cl.NC[C@H]1CC[C@@H](C(=O)N2CCSC3(CCCCC3)C2)O1. The summed E-state index contributed by atoms with van der Waals surface area (Å²) in [5.41, 5.74) is 5.63. The Hall–Kier alpha value is 0.0300. The molecule has 1 aliphatic carbocycles. The Morgan fingerprint density at radius 3 is 2.71 bits per heavy atom. The van der Waals surface area contributed by atoms with Crippen LogP contribution in [0.25, 0.3) is 0 Å². The first-order chi connectivity index (χ1) is 9.72. The molecule has 2 aliphatic heterocycles. The number of rotatable bonds is 2. The van der Waals surface area contributed by atoms with E-state index < -0.39 is 0 Å². The molecule has 0 aromatic carbocycles. The summed E-state index contributed by atoms with van der Waals surface area (Å²) in [6.07, 6.45) is 8.20. The van der Waals surface area contributed by atoms with Crippen molar-refractivity contribution in [2.24, 2.45) is 5.73 Å². The Balaban J connectivity index is 0.00000161. The smallest absolute Gasteiger partial charge is 0.251 e. The van der Waals surface area contributed by atoms with Crippen molar-refractivity contribution in [1.29, 1.82) is 0 Å². The molecule has 2 atom stereocenters. The van der Waals surface area contributed by atoms with Crippen LogP contribution >= 0.6 is 24.2 Å². The first-order valence-electron chi connectivity index (χ1n) is 8.01. The van der Waals surface area contributed by atoms with E-state index in [4.69, 9.17) is 10.5 Å². The fourth-order valence-electron chi connectivity index (χ4n) is 3.80. The highest BCUT2D eigenvalue weighted by Crippen LogP contribution is 2.43. The molecule has 2 heterocycles. The second kappa shape index (κ2) is 7.53. The highest BCUT2D eigenvalue weighted by atomic mass is 35.5. The topological polar surface area (TPSA) is 55.6 Å². The average molecular weight is 335 g/mol. The Morgan fingerprint density at radius 1 is 1.29 bits per heavy atom. The number of halogens is 1. The summed E-state index contributed by atoms with van der Waals surface area (Å²) in [5, 5.41) is 0. The number of nitrogens with zero attached hydrogens (tertiary/aromatic N) is 1. The van der Waals surface area contributed by atoms with E-state index in [0.29, 0.717) is 11.3 Å². The van der Waals surface area contributed by atoms with Crippen LogP contribution in [0.1, 0.15) is 44.9 Å². The van der Waals surface area contributed by atoms with Crippen LogP contribution in [0.3, 0.4) is 0 Å². The van der Waals surface area contributed by atoms with Crippen molar-refractivity contribution in [3.63, 3.8) is 0 Å². The molecule has 1 amide bonds. The van der Waals surface area contributed by atoms with Gasteiger partial charge in [0.1, 0.15) is 6.10 Å². The minimum Gasteiger partial charge on any atom is -0.364 e. The van der Waals surface area contributed by atoms with E-state index in [1.165, 1.54) is 32.1 Å². The Bertz CT molecular complexity index is 358. The number of thioether (sulfide) groups is 1. The van der Waals surface area contributed by atoms with Gasteiger partial charge in [0.2, 0.25) is 0 Å². The molecule has 1 spiro atoms. The summed E-state index contributed by atoms with van der Waals surface area (Å²) in [4.78, 5) is 14.7. The lowest BCUT2D eigenvalue weighted by Gasteiger charge is -2.45. The fourth-order valence-corrected chi connectivity index (χ4v) is 5.37. The monoisotopic (exact) mass is 334 g/mol. The zero-order valence-electron chi connectivity index (χ0n) is 12.6. The molecule has 3 aliphatic rings. The summed E-state index contributed by atoms with van der Waals surface area (Å²) < 4.78 is 6.12. The first-order valence-corrected chi connectivity index (χ1v) is 8.99. The highest BCUT2D eigenvalue weighted by molar-refractivity contribution is 8.00. The van der Waals surface area contributed by atoms with Crippen molar-refractivity contribution < 1.29 is 9.53 Å². The lowest BCUT2D eigenvalue weighted by atomic mass is 9.87. The van der Waals surface area contributed by atoms with Crippen LogP contribution in [0.15, 0.2) is 0 Å². The normalized spacial score (nSPS) is 32.0. The van der Waals surface area contributed by atoms with Crippen LogP contribution in [-0.4, -0.2) is 53.1 Å². The quantitative estimate of drug-likeness (QED) is 0.841. The third-order valence-electron chi connectivity index (χ3n) is 4.97. The standard InChI is InChI=1S/C15H26N2O2S.ClH/c16-10-12-4-5-13(19-12)14(18)17-8-9-20-15(11-17)6-2-1-3-7-15;/h12-13H,1-11,16H2;1H/t12-,13+;/m1./s1. The van der Waals surface area contributed by atoms with E-state index >= 15 is 0 Å². The van der Waals surface area contributed by atoms with Crippen molar-refractivity contribution in [2.45, 2.75) is 61.9 Å². The number of hydrogen-bond acceptors (Lipinski definition) is 4. The van der Waals surface area contributed by atoms with Crippen LogP contribution in [0.5, 0.6) is 0 Å². The van der Waals surface area contributed by atoms with Crippen molar-refractivity contribution in [1.82, 2.24) is 4.90 Å². The number of carbonyl (C=O) groups excluding carboxylic acids is 1. The van der Waals surface area contributed by atoms with E-state index in [1.54, 1.807) is 0 Å². The highest BCUT2D eigenvalue weighted by Gasteiger charge is 2.41. The van der Waals surface area contributed by atoms with Gasteiger partial charge in [-0.1, -0.05) is 19.3 Å². The number of nitrogens with two attached hydrogens (primary N) is 1. The van der Waals surface area contributed by atoms with E-state index in [2.05, 4.69) is 16.7 Å². The molecule has 0 aromatic heterocycles. The van der Waals surface area contributed by atoms with Gasteiger partial charge in [-0.25, -0.2) is 0 Å². The third-order valence-corrected chi connectivity index (χ3v) is 6.51. The van der Waals surface area contributed by atoms with Gasteiger partial charge in [-0.15, -0.1) is 12.4 Å². The Kier molecular flexibility index (Phi) is 6.24. The minimum atomic E-state index is -0.229. The molecule has 21 heavy (non-hydrogen) atoms. The number of carbonyl (C=O) groups is 1. The minimum absolute atomic E-state index is 0. The molecule has 0 unspecified atom stereocenters. The molecule has 4 nitrogen and oxygen atoms in total. The molecule has 0 bridgehead atoms. The maximum atomic E-state index is 12.6. The fraction of sp³-hybridized carbons (Fsp3) is 0.933. The molecule has 122 valence electrons. The molecule has 0 aromatic rings. The second-order valence-electron chi connectivity index (χ2n) is 6.41. The van der Waals surface area contributed by atoms with Crippen molar-refractivity contribution in [2.75, 3.05) is 25.4 Å². The van der Waals surface area contributed by atoms with E-state index in [0.717, 1.165) is 31.7 Å². The molecular formula is C15H27ClN2O2S. The van der Waals surface area contributed by atoms with Crippen LogP contribution in [0, 0.1) is 0 Å². The van der Waals surface area contributed by atoms with Gasteiger partial charge in [0.15, 0.2) is 0 Å². The molecular weight excluding hydrogens is 308 g/mol. The Morgan fingerprint density at radius 2 is 2.05 bits per heavy atom. The third kappa shape index (κ3) is 3.87. The second-order valence-corrected chi connectivity index (χ2v) is 7.97. The maximum absolute atomic E-state index is 12.6. The van der Waals surface area contributed by atoms with Gasteiger partial charge in [-0.3, -0.25) is 4.79 Å². The predicted molar refractivity (Wildman–Crippen MR) is 89.1 cm³/mol. The largest absolute Gasteiger partial charge is 0.364 e. The summed E-state index contributed by atoms with van der Waals surface area (Å²) in [6.45, 7) is 2.35. The van der Waals surface area contributed by atoms with Gasteiger partial charge < -0.3 is 15.4 Å². The van der Waals surface area contributed by atoms with Crippen LogP contribution in [-0.2, 0) is 9.53 Å². The van der Waals surface area contributed by atoms with Gasteiger partial charge in [0.05, 0.1) is 6.10 Å². The number of hydrogen-bond donors (Lipinski definition) is 1. The predicted octanol–water partition coefficient (Wildman–Crippen LogP) is 2.19. The van der Waals surface area contributed by atoms with Gasteiger partial charge >= 0.3 is 0 Å². The molecule has 3 fully saturated rings. The van der Waals surface area contributed by atoms with Crippen molar-refractivity contribution >= 4 is 30.1 Å². The van der Waals surface area contributed by atoms with Crippen LogP contribution in [0.4, 0.5) is 0 Å². The van der Waals surface area contributed by atoms with Gasteiger partial charge in [-0.05, 0) is 25.7 Å². The first kappa shape index (κ1) is 17.4. The summed E-state index contributed by atoms with van der Waals surface area (Å²) >= 11 is 2.10. The van der Waals surface area contributed by atoms with E-state index in [-0.39, 0.29) is 30.5 Å². The van der Waals surface area contributed by atoms with E-state index in [9.17, 15) is 4.79 Å². The van der Waals surface area contributed by atoms with Crippen LogP contribution in [0.2, 0.25) is 0 Å². The van der Waals surface area contributed by atoms with E-state index in [1.807, 2.05) is 0 Å². The van der Waals surface area contributed by atoms with Gasteiger partial charge in [-0.2, -0.15) is 11.8 Å². The zero-order valence-corrected chi connectivity index (χ0v) is 14.2. The summed E-state index contributed by atoms with van der Waals surface area (Å²) in [7, 11) is 0. The molecule has 2 N–H and O–H groups in total. The lowest BCUT2D eigenvalue weighted by Crippen LogP contribution is -2.52. The van der Waals surface area contributed by atoms with Gasteiger partial charge in [0.25, 0.3) is 5.91 Å². The van der Waals surface area contributed by atoms with Gasteiger partial charge in [0, 0.05) is 30.1 Å². The molecule has 0 radical (unpaired) electrons. The maximum Gasteiger partial charge on any atom is 0.251 e. The molecule has 3 rings (SSSR count). The summed E-state index contributed by atoms with van der Waals surface area (Å²) in [5.74, 6) is 1.30. The molecule has 1 saturated carbocycles. The molecule has 2 saturated heterocycles. The lowest BCUT2D eigenvalue weighted by molar-refractivity contribution is -0.143. The zero-order chi connectivity index (χ0) is 14.0.